The van der Waals surface area contributed by atoms with Gasteiger partial charge in [-0.25, -0.2) is 4.79 Å². The maximum atomic E-state index is 11.3. The summed E-state index contributed by atoms with van der Waals surface area (Å²) in [5, 5.41) is 5.49. The quantitative estimate of drug-likeness (QED) is 0.545. The standard InChI is InChI=1S/C8H13N3O2/c1-5-7(12)10-8(13)11(5)6-3-2-4-9-6/h5-6,9H,2-4H2,1H3,(H,10,12,13)/t5-,6+/m0/s1. The molecule has 2 rings (SSSR count). The minimum atomic E-state index is -0.330. The third-order valence-corrected chi connectivity index (χ3v) is 2.63. The van der Waals surface area contributed by atoms with Gasteiger partial charge < -0.3 is 0 Å². The van der Waals surface area contributed by atoms with Crippen molar-refractivity contribution in [3.8, 4) is 0 Å². The average Bonchev–Trinajstić information content (AvgIpc) is 2.63. The van der Waals surface area contributed by atoms with Crippen LogP contribution in [-0.4, -0.2) is 35.6 Å². The highest BCUT2D eigenvalue weighted by molar-refractivity contribution is 6.04. The molecule has 0 saturated carbocycles. The summed E-state index contributed by atoms with van der Waals surface area (Å²) in [6.07, 6.45) is 2.04. The van der Waals surface area contributed by atoms with Gasteiger partial charge >= 0.3 is 6.03 Å². The van der Waals surface area contributed by atoms with Gasteiger partial charge in [0.15, 0.2) is 0 Å². The van der Waals surface area contributed by atoms with Crippen molar-refractivity contribution < 1.29 is 9.59 Å². The molecule has 13 heavy (non-hydrogen) atoms. The first-order valence-corrected chi connectivity index (χ1v) is 4.56. The van der Waals surface area contributed by atoms with Crippen molar-refractivity contribution in [1.29, 1.82) is 0 Å². The molecular formula is C8H13N3O2. The van der Waals surface area contributed by atoms with E-state index in [1.54, 1.807) is 11.8 Å². The van der Waals surface area contributed by atoms with E-state index in [9.17, 15) is 9.59 Å². The van der Waals surface area contributed by atoms with Gasteiger partial charge in [-0.2, -0.15) is 0 Å². The van der Waals surface area contributed by atoms with Crippen LogP contribution in [0.1, 0.15) is 19.8 Å². The number of urea groups is 1. The highest BCUT2D eigenvalue weighted by Crippen LogP contribution is 2.17. The zero-order valence-corrected chi connectivity index (χ0v) is 7.54. The molecule has 0 aromatic rings. The predicted molar refractivity (Wildman–Crippen MR) is 45.9 cm³/mol. The lowest BCUT2D eigenvalue weighted by atomic mass is 10.2. The number of carbonyl (C=O) groups excluding carboxylic acids is 2. The summed E-state index contributed by atoms with van der Waals surface area (Å²) in [5.74, 6) is -0.196. The molecule has 2 fully saturated rings. The first kappa shape index (κ1) is 8.50. The summed E-state index contributed by atoms with van der Waals surface area (Å²) in [4.78, 5) is 24.1. The van der Waals surface area contributed by atoms with Crippen LogP contribution in [0.5, 0.6) is 0 Å². The number of nitrogens with zero attached hydrogens (tertiary/aromatic N) is 1. The van der Waals surface area contributed by atoms with Crippen LogP contribution in [0.3, 0.4) is 0 Å². The molecule has 72 valence electrons. The molecule has 0 bridgehead atoms. The second kappa shape index (κ2) is 2.99. The molecule has 2 atom stereocenters. The zero-order valence-electron chi connectivity index (χ0n) is 7.54. The van der Waals surface area contributed by atoms with Gasteiger partial charge in [0.2, 0.25) is 0 Å². The highest BCUT2D eigenvalue weighted by atomic mass is 16.2. The van der Waals surface area contributed by atoms with Crippen molar-refractivity contribution in [2.45, 2.75) is 32.0 Å². The smallest absolute Gasteiger partial charge is 0.297 e. The molecule has 5 heteroatoms. The first-order valence-electron chi connectivity index (χ1n) is 4.56. The molecule has 0 unspecified atom stereocenters. The van der Waals surface area contributed by atoms with Crippen molar-refractivity contribution in [1.82, 2.24) is 15.5 Å². The third-order valence-electron chi connectivity index (χ3n) is 2.63. The molecule has 0 spiro atoms. The minimum absolute atomic E-state index is 0.0430. The van der Waals surface area contributed by atoms with Crippen LogP contribution in [0, 0.1) is 0 Å². The molecule has 2 heterocycles. The van der Waals surface area contributed by atoms with Crippen molar-refractivity contribution in [2.75, 3.05) is 6.54 Å². The largest absolute Gasteiger partial charge is 0.326 e. The molecule has 0 aromatic heterocycles. The number of imide groups is 1. The van der Waals surface area contributed by atoms with E-state index in [1.807, 2.05) is 0 Å². The molecule has 2 aliphatic rings. The maximum Gasteiger partial charge on any atom is 0.326 e. The minimum Gasteiger partial charge on any atom is -0.297 e. The Morgan fingerprint density at radius 3 is 2.69 bits per heavy atom. The van der Waals surface area contributed by atoms with Gasteiger partial charge in [0.05, 0.1) is 6.17 Å². The predicted octanol–water partition coefficient (Wildman–Crippen LogP) is -0.364. The highest BCUT2D eigenvalue weighted by Gasteiger charge is 2.40. The van der Waals surface area contributed by atoms with Gasteiger partial charge in [0, 0.05) is 0 Å². The lowest BCUT2D eigenvalue weighted by Crippen LogP contribution is -2.47. The van der Waals surface area contributed by atoms with Crippen molar-refractivity contribution in [2.24, 2.45) is 0 Å². The molecule has 0 aliphatic carbocycles. The van der Waals surface area contributed by atoms with E-state index in [4.69, 9.17) is 0 Å². The van der Waals surface area contributed by atoms with E-state index < -0.39 is 0 Å². The van der Waals surface area contributed by atoms with Crippen LogP contribution in [0.2, 0.25) is 0 Å². The Morgan fingerprint density at radius 1 is 1.46 bits per heavy atom. The van der Waals surface area contributed by atoms with E-state index >= 15 is 0 Å². The van der Waals surface area contributed by atoms with Gasteiger partial charge in [-0.1, -0.05) is 0 Å². The monoisotopic (exact) mass is 183 g/mol. The van der Waals surface area contributed by atoms with Gasteiger partial charge in [-0.15, -0.1) is 0 Å². The normalized spacial score (nSPS) is 34.1. The Hall–Kier alpha value is -1.10. The van der Waals surface area contributed by atoms with E-state index in [1.165, 1.54) is 0 Å². The van der Waals surface area contributed by atoms with Crippen LogP contribution in [0.25, 0.3) is 0 Å². The maximum absolute atomic E-state index is 11.3. The Bertz CT molecular complexity index is 248. The first-order chi connectivity index (χ1) is 6.20. The Balaban J connectivity index is 2.12. The summed E-state index contributed by atoms with van der Waals surface area (Å²) >= 11 is 0. The van der Waals surface area contributed by atoms with Gasteiger partial charge in [0.1, 0.15) is 6.04 Å². The fourth-order valence-electron chi connectivity index (χ4n) is 1.89. The number of carbonyl (C=O) groups is 2. The van der Waals surface area contributed by atoms with E-state index in [0.29, 0.717) is 0 Å². The molecule has 5 nitrogen and oxygen atoms in total. The molecule has 0 aromatic carbocycles. The van der Waals surface area contributed by atoms with Gasteiger partial charge in [-0.05, 0) is 26.3 Å². The third kappa shape index (κ3) is 1.29. The van der Waals surface area contributed by atoms with Crippen LogP contribution in [0.15, 0.2) is 0 Å². The van der Waals surface area contributed by atoms with Crippen LogP contribution in [-0.2, 0) is 4.79 Å². The van der Waals surface area contributed by atoms with E-state index in [0.717, 1.165) is 19.4 Å². The molecule has 3 amide bonds. The van der Waals surface area contributed by atoms with Gasteiger partial charge in [0.25, 0.3) is 5.91 Å². The molecular weight excluding hydrogens is 170 g/mol. The number of hydrogen-bond acceptors (Lipinski definition) is 3. The number of rotatable bonds is 1. The van der Waals surface area contributed by atoms with Crippen LogP contribution < -0.4 is 10.6 Å². The number of amides is 3. The molecule has 2 aliphatic heterocycles. The fourth-order valence-corrected chi connectivity index (χ4v) is 1.89. The number of nitrogens with one attached hydrogen (secondary N) is 2. The van der Waals surface area contributed by atoms with Crippen molar-refractivity contribution >= 4 is 11.9 Å². The Kier molecular flexibility index (Phi) is 1.95. The Labute approximate surface area is 76.5 Å². The SMILES string of the molecule is C[C@H]1C(=O)NC(=O)N1[C@@H]1CCCN1. The lowest BCUT2D eigenvalue weighted by molar-refractivity contribution is -0.121. The number of hydrogen-bond donors (Lipinski definition) is 2. The van der Waals surface area contributed by atoms with Crippen LogP contribution >= 0.6 is 0 Å². The van der Waals surface area contributed by atoms with Gasteiger partial charge in [-0.3, -0.25) is 20.3 Å². The van der Waals surface area contributed by atoms with Crippen LogP contribution in [0.4, 0.5) is 4.79 Å². The summed E-state index contributed by atoms with van der Waals surface area (Å²) in [6, 6.07) is -0.597. The zero-order chi connectivity index (χ0) is 9.42. The fraction of sp³-hybridized carbons (Fsp3) is 0.750. The van der Waals surface area contributed by atoms with Crippen molar-refractivity contribution in [3.05, 3.63) is 0 Å². The molecule has 0 radical (unpaired) electrons. The van der Waals surface area contributed by atoms with Crippen molar-refractivity contribution in [3.63, 3.8) is 0 Å². The molecule has 2 saturated heterocycles. The van der Waals surface area contributed by atoms with E-state index in [2.05, 4.69) is 10.6 Å². The lowest BCUT2D eigenvalue weighted by Gasteiger charge is -2.25. The summed E-state index contributed by atoms with van der Waals surface area (Å²) in [5.41, 5.74) is 0. The average molecular weight is 183 g/mol. The van der Waals surface area contributed by atoms with E-state index in [-0.39, 0.29) is 24.1 Å². The summed E-state index contributed by atoms with van der Waals surface area (Å²) in [7, 11) is 0. The summed E-state index contributed by atoms with van der Waals surface area (Å²) < 4.78 is 0. The topological polar surface area (TPSA) is 61.4 Å². The Morgan fingerprint density at radius 2 is 2.23 bits per heavy atom. The second-order valence-corrected chi connectivity index (χ2v) is 3.49. The second-order valence-electron chi connectivity index (χ2n) is 3.49. The summed E-state index contributed by atoms with van der Waals surface area (Å²) in [6.45, 7) is 2.68. The molecule has 2 N–H and O–H groups in total.